The molecule has 2 amide bonds. The number of nitrogens with zero attached hydrogens (tertiary/aromatic N) is 4. The van der Waals surface area contributed by atoms with E-state index in [4.69, 9.17) is 4.74 Å². The highest BCUT2D eigenvalue weighted by atomic mass is 16.5. The quantitative estimate of drug-likeness (QED) is 0.773. The number of carbonyl (C=O) groups excluding carboxylic acids is 1. The van der Waals surface area contributed by atoms with Crippen LogP contribution in [0.15, 0.2) is 30.5 Å². The number of hydrogen-bond donors (Lipinski definition) is 1. The van der Waals surface area contributed by atoms with Gasteiger partial charge in [0.15, 0.2) is 0 Å². The van der Waals surface area contributed by atoms with Gasteiger partial charge >= 0.3 is 6.03 Å². The van der Waals surface area contributed by atoms with Crippen LogP contribution in [0, 0.1) is 0 Å². The van der Waals surface area contributed by atoms with E-state index < -0.39 is 0 Å². The van der Waals surface area contributed by atoms with Gasteiger partial charge in [-0.25, -0.2) is 9.48 Å². The van der Waals surface area contributed by atoms with Crippen molar-refractivity contribution >= 4 is 11.7 Å². The van der Waals surface area contributed by atoms with Crippen LogP contribution in [0.4, 0.5) is 10.5 Å². The predicted octanol–water partition coefficient (Wildman–Crippen LogP) is 3.42. The van der Waals surface area contributed by atoms with Crippen molar-refractivity contribution in [2.75, 3.05) is 25.0 Å². The first-order valence-corrected chi connectivity index (χ1v) is 9.43. The topological polar surface area (TPSA) is 72.3 Å². The molecule has 0 unspecified atom stereocenters. The number of nitrogens with one attached hydrogen (secondary N) is 1. The minimum Gasteiger partial charge on any atom is -0.494 e. The van der Waals surface area contributed by atoms with Crippen LogP contribution in [0.3, 0.4) is 0 Å². The third-order valence-corrected chi connectivity index (χ3v) is 4.92. The maximum Gasteiger partial charge on any atom is 0.321 e. The Morgan fingerprint density at radius 1 is 1.27 bits per heavy atom. The lowest BCUT2D eigenvalue weighted by molar-refractivity contribution is 0.127. The first-order valence-electron chi connectivity index (χ1n) is 9.43. The van der Waals surface area contributed by atoms with E-state index in [2.05, 4.69) is 22.6 Å². The molecule has 1 saturated heterocycles. The zero-order valence-corrected chi connectivity index (χ0v) is 15.1. The van der Waals surface area contributed by atoms with Crippen LogP contribution >= 0.6 is 0 Å². The van der Waals surface area contributed by atoms with E-state index in [0.717, 1.165) is 36.6 Å². The molecule has 2 aliphatic rings. The second-order valence-corrected chi connectivity index (χ2v) is 7.11. The van der Waals surface area contributed by atoms with Crippen LogP contribution < -0.4 is 10.1 Å². The van der Waals surface area contributed by atoms with Gasteiger partial charge < -0.3 is 15.0 Å². The fraction of sp³-hybridized carbons (Fsp3) is 0.526. The molecule has 1 aliphatic carbocycles. The summed E-state index contributed by atoms with van der Waals surface area (Å²) in [6, 6.07) is 7.67. The zero-order valence-electron chi connectivity index (χ0n) is 15.1. The fourth-order valence-electron chi connectivity index (χ4n) is 2.99. The van der Waals surface area contributed by atoms with Gasteiger partial charge in [-0.05, 0) is 43.5 Å². The van der Waals surface area contributed by atoms with Gasteiger partial charge in [0, 0.05) is 30.9 Å². The number of benzene rings is 1. The highest BCUT2D eigenvalue weighted by molar-refractivity contribution is 5.89. The number of anilines is 1. The first-order chi connectivity index (χ1) is 12.7. The Morgan fingerprint density at radius 3 is 2.73 bits per heavy atom. The summed E-state index contributed by atoms with van der Waals surface area (Å²) >= 11 is 0. The molecule has 1 saturated carbocycles. The van der Waals surface area contributed by atoms with Gasteiger partial charge in [-0.3, -0.25) is 0 Å². The minimum atomic E-state index is -0.0802. The monoisotopic (exact) mass is 355 g/mol. The number of unbranched alkanes of at least 4 members (excludes halogenated alkanes) is 1. The molecule has 138 valence electrons. The van der Waals surface area contributed by atoms with E-state index in [9.17, 15) is 4.79 Å². The number of hydrogen-bond acceptors (Lipinski definition) is 4. The summed E-state index contributed by atoms with van der Waals surface area (Å²) in [6.07, 6.45) is 6.64. The Labute approximate surface area is 153 Å². The number of likely N-dealkylation sites (tertiary alicyclic amines) is 1. The lowest BCUT2D eigenvalue weighted by Crippen LogP contribution is -2.52. The lowest BCUT2D eigenvalue weighted by atomic mass is 10.1. The molecule has 0 atom stereocenters. The van der Waals surface area contributed by atoms with Gasteiger partial charge in [0.25, 0.3) is 0 Å². The van der Waals surface area contributed by atoms with E-state index in [1.54, 1.807) is 4.90 Å². The Hall–Kier alpha value is -2.57. The van der Waals surface area contributed by atoms with Gasteiger partial charge in [0.2, 0.25) is 0 Å². The zero-order chi connectivity index (χ0) is 17.9. The summed E-state index contributed by atoms with van der Waals surface area (Å²) in [5, 5.41) is 11.4. The van der Waals surface area contributed by atoms with E-state index in [1.807, 2.05) is 35.1 Å². The average Bonchev–Trinajstić information content (AvgIpc) is 3.34. The number of ether oxygens (including phenoxy) is 1. The van der Waals surface area contributed by atoms with E-state index in [1.165, 1.54) is 12.8 Å². The number of amides is 2. The minimum absolute atomic E-state index is 0.0802. The molecule has 2 heterocycles. The summed E-state index contributed by atoms with van der Waals surface area (Å²) in [7, 11) is 0. The molecule has 1 N–H and O–H groups in total. The largest absolute Gasteiger partial charge is 0.494 e. The lowest BCUT2D eigenvalue weighted by Gasteiger charge is -2.38. The maximum absolute atomic E-state index is 12.3. The Kier molecular flexibility index (Phi) is 4.77. The van der Waals surface area contributed by atoms with Crippen molar-refractivity contribution in [3.05, 3.63) is 36.2 Å². The second-order valence-electron chi connectivity index (χ2n) is 7.11. The van der Waals surface area contributed by atoms with Gasteiger partial charge in [0.05, 0.1) is 18.3 Å². The molecule has 7 heteroatoms. The smallest absolute Gasteiger partial charge is 0.321 e. The van der Waals surface area contributed by atoms with Crippen molar-refractivity contribution in [2.45, 2.75) is 44.6 Å². The summed E-state index contributed by atoms with van der Waals surface area (Å²) in [5.41, 5.74) is 1.87. The second kappa shape index (κ2) is 7.35. The summed E-state index contributed by atoms with van der Waals surface area (Å²) in [5.74, 6) is 1.44. The molecule has 1 aliphatic heterocycles. The SMILES string of the molecule is CCCCOc1ccc(NC(=O)N2CC(n3cc(C4CC4)nn3)C2)cc1. The predicted molar refractivity (Wildman–Crippen MR) is 98.5 cm³/mol. The van der Waals surface area contributed by atoms with Crippen molar-refractivity contribution in [1.29, 1.82) is 0 Å². The van der Waals surface area contributed by atoms with Crippen molar-refractivity contribution in [2.24, 2.45) is 0 Å². The van der Waals surface area contributed by atoms with E-state index >= 15 is 0 Å². The van der Waals surface area contributed by atoms with Gasteiger partial charge in [-0.2, -0.15) is 0 Å². The van der Waals surface area contributed by atoms with Gasteiger partial charge in [-0.1, -0.05) is 18.6 Å². The van der Waals surface area contributed by atoms with Crippen LogP contribution in [0.25, 0.3) is 0 Å². The Morgan fingerprint density at radius 2 is 2.04 bits per heavy atom. The molecular weight excluding hydrogens is 330 g/mol. The van der Waals surface area contributed by atoms with Crippen LogP contribution in [0.1, 0.15) is 50.3 Å². The van der Waals surface area contributed by atoms with Gasteiger partial charge in [0.1, 0.15) is 5.75 Å². The van der Waals surface area contributed by atoms with Gasteiger partial charge in [-0.15, -0.1) is 5.10 Å². The molecule has 1 aromatic carbocycles. The molecule has 0 spiro atoms. The molecule has 7 nitrogen and oxygen atoms in total. The Bertz CT molecular complexity index is 748. The van der Waals surface area contributed by atoms with Crippen LogP contribution in [-0.4, -0.2) is 45.6 Å². The summed E-state index contributed by atoms with van der Waals surface area (Å²) in [6.45, 7) is 4.19. The van der Waals surface area contributed by atoms with Crippen molar-refractivity contribution in [1.82, 2.24) is 19.9 Å². The summed E-state index contributed by atoms with van der Waals surface area (Å²) < 4.78 is 7.54. The highest BCUT2D eigenvalue weighted by Gasteiger charge is 2.34. The summed E-state index contributed by atoms with van der Waals surface area (Å²) in [4.78, 5) is 14.1. The fourth-order valence-corrected chi connectivity index (χ4v) is 2.99. The van der Waals surface area contributed by atoms with Crippen LogP contribution in [-0.2, 0) is 0 Å². The number of urea groups is 1. The molecule has 4 rings (SSSR count). The molecule has 1 aromatic heterocycles. The molecule has 26 heavy (non-hydrogen) atoms. The maximum atomic E-state index is 12.3. The molecule has 2 fully saturated rings. The number of aromatic nitrogens is 3. The molecule has 0 bridgehead atoms. The van der Waals surface area contributed by atoms with Crippen LogP contribution in [0.2, 0.25) is 0 Å². The molecule has 0 radical (unpaired) electrons. The number of rotatable bonds is 7. The van der Waals surface area contributed by atoms with Crippen molar-refractivity contribution in [3.8, 4) is 5.75 Å². The standard InChI is InChI=1S/C19H25N5O2/c1-2-3-10-26-17-8-6-15(7-9-17)20-19(25)23-11-16(12-23)24-13-18(21-22-24)14-4-5-14/h6-9,13-14,16H,2-5,10-12H2,1H3,(H,20,25). The highest BCUT2D eigenvalue weighted by Crippen LogP contribution is 2.39. The van der Waals surface area contributed by atoms with E-state index in [0.29, 0.717) is 19.0 Å². The molecule has 2 aromatic rings. The van der Waals surface area contributed by atoms with E-state index in [-0.39, 0.29) is 12.1 Å². The first kappa shape index (κ1) is 16.9. The third-order valence-electron chi connectivity index (χ3n) is 4.92. The normalized spacial score (nSPS) is 17.0. The third kappa shape index (κ3) is 3.81. The van der Waals surface area contributed by atoms with Crippen LogP contribution in [0.5, 0.6) is 5.75 Å². The van der Waals surface area contributed by atoms with Crippen molar-refractivity contribution in [3.63, 3.8) is 0 Å². The number of carbonyl (C=O) groups is 1. The Balaban J connectivity index is 1.24. The van der Waals surface area contributed by atoms with Crippen molar-refractivity contribution < 1.29 is 9.53 Å². The molecular formula is C19H25N5O2. The average molecular weight is 355 g/mol.